The molecular formula is C28H53N5O2. The average molecular weight is 492 g/mol. The van der Waals surface area contributed by atoms with Crippen LogP contribution in [0.2, 0.25) is 0 Å². The topological polar surface area (TPSA) is 63.2 Å². The van der Waals surface area contributed by atoms with Crippen molar-refractivity contribution in [2.75, 3.05) is 46.4 Å². The number of aliphatic hydroxyl groups is 1. The maximum absolute atomic E-state index is 11.4. The zero-order valence-corrected chi connectivity index (χ0v) is 22.8. The van der Waals surface area contributed by atoms with Crippen LogP contribution in [0.1, 0.15) is 84.5 Å². The molecule has 0 aromatic heterocycles. The van der Waals surface area contributed by atoms with Gasteiger partial charge in [0.2, 0.25) is 0 Å². The van der Waals surface area contributed by atoms with E-state index in [-0.39, 0.29) is 6.04 Å². The molecule has 6 unspecified atom stereocenters. The summed E-state index contributed by atoms with van der Waals surface area (Å²) in [5, 5.41) is 17.8. The number of nitrogens with one attached hydrogen (secondary N) is 2. The molecule has 0 radical (unpaired) electrons. The van der Waals surface area contributed by atoms with Gasteiger partial charge < -0.3 is 15.2 Å². The molecule has 5 aliphatic rings. The highest BCUT2D eigenvalue weighted by Crippen LogP contribution is 2.36. The predicted molar refractivity (Wildman–Crippen MR) is 141 cm³/mol. The van der Waals surface area contributed by atoms with Crippen LogP contribution in [-0.2, 0) is 4.74 Å². The van der Waals surface area contributed by atoms with Gasteiger partial charge in [-0.25, -0.2) is 5.01 Å². The molecule has 5 rings (SSSR count). The van der Waals surface area contributed by atoms with E-state index >= 15 is 0 Å². The monoisotopic (exact) mass is 491 g/mol. The highest BCUT2D eigenvalue weighted by atomic mass is 16.5. The molecule has 35 heavy (non-hydrogen) atoms. The fourth-order valence-electron chi connectivity index (χ4n) is 8.46. The number of rotatable bonds is 6. The lowest BCUT2D eigenvalue weighted by molar-refractivity contribution is -0.0545. The third-order valence-electron chi connectivity index (χ3n) is 10.0. The van der Waals surface area contributed by atoms with Crippen LogP contribution in [0.5, 0.6) is 0 Å². The van der Waals surface area contributed by atoms with Crippen LogP contribution in [0, 0.1) is 5.92 Å². The van der Waals surface area contributed by atoms with Gasteiger partial charge in [0.05, 0.1) is 23.8 Å². The highest BCUT2D eigenvalue weighted by molar-refractivity contribution is 5.03. The Kier molecular flexibility index (Phi) is 8.75. The van der Waals surface area contributed by atoms with Crippen molar-refractivity contribution in [1.29, 1.82) is 0 Å². The number of ether oxygens (including phenoxy) is 1. The molecule has 0 amide bonds. The zero-order valence-electron chi connectivity index (χ0n) is 22.8. The molecule has 6 atom stereocenters. The van der Waals surface area contributed by atoms with Gasteiger partial charge in [0.1, 0.15) is 0 Å². The Morgan fingerprint density at radius 2 is 1.69 bits per heavy atom. The molecule has 3 heterocycles. The van der Waals surface area contributed by atoms with Gasteiger partial charge in [-0.05, 0) is 90.8 Å². The van der Waals surface area contributed by atoms with E-state index in [4.69, 9.17) is 4.74 Å². The first-order valence-corrected chi connectivity index (χ1v) is 14.9. The Hall–Kier alpha value is -0.280. The van der Waals surface area contributed by atoms with Gasteiger partial charge in [0.15, 0.2) is 0 Å². The SMILES string of the molecule is COC1CCC2CCCNC2C1N1CCCN(C(C2CCN(C3CCCCC3)N2)C(C)(C)O)CC1. The second-order valence-corrected chi connectivity index (χ2v) is 12.8. The van der Waals surface area contributed by atoms with Gasteiger partial charge in [-0.2, -0.15) is 0 Å². The van der Waals surface area contributed by atoms with Crippen molar-refractivity contribution in [1.82, 2.24) is 25.6 Å². The quantitative estimate of drug-likeness (QED) is 0.528. The van der Waals surface area contributed by atoms with Crippen molar-refractivity contribution in [2.24, 2.45) is 5.92 Å². The molecule has 202 valence electrons. The number of piperidine rings is 1. The minimum Gasteiger partial charge on any atom is -0.389 e. The molecule has 0 spiro atoms. The minimum atomic E-state index is -0.731. The second-order valence-electron chi connectivity index (χ2n) is 12.8. The van der Waals surface area contributed by atoms with Crippen molar-refractivity contribution in [3.8, 4) is 0 Å². The molecule has 5 fully saturated rings. The summed E-state index contributed by atoms with van der Waals surface area (Å²) >= 11 is 0. The van der Waals surface area contributed by atoms with Crippen molar-refractivity contribution >= 4 is 0 Å². The minimum absolute atomic E-state index is 0.140. The first-order valence-electron chi connectivity index (χ1n) is 14.9. The molecule has 2 saturated carbocycles. The van der Waals surface area contributed by atoms with E-state index in [2.05, 4.69) is 25.6 Å². The normalized spacial score (nSPS) is 38.2. The van der Waals surface area contributed by atoms with Crippen LogP contribution in [0.4, 0.5) is 0 Å². The first-order chi connectivity index (χ1) is 17.0. The van der Waals surface area contributed by atoms with Crippen LogP contribution in [0.3, 0.4) is 0 Å². The molecular weight excluding hydrogens is 438 g/mol. The third-order valence-corrected chi connectivity index (χ3v) is 10.0. The van der Waals surface area contributed by atoms with E-state index in [0.717, 1.165) is 58.0 Å². The molecule has 0 bridgehead atoms. The van der Waals surface area contributed by atoms with Crippen molar-refractivity contribution < 1.29 is 9.84 Å². The van der Waals surface area contributed by atoms with E-state index in [1.54, 1.807) is 0 Å². The summed E-state index contributed by atoms with van der Waals surface area (Å²) in [6.07, 6.45) is 14.6. The zero-order chi connectivity index (χ0) is 24.4. The van der Waals surface area contributed by atoms with Crippen molar-refractivity contribution in [3.05, 3.63) is 0 Å². The Morgan fingerprint density at radius 3 is 2.46 bits per heavy atom. The van der Waals surface area contributed by atoms with E-state index in [1.807, 2.05) is 21.0 Å². The fourth-order valence-corrected chi connectivity index (χ4v) is 8.46. The second kappa shape index (κ2) is 11.6. The van der Waals surface area contributed by atoms with Crippen LogP contribution >= 0.6 is 0 Å². The molecule has 0 aromatic carbocycles. The molecule has 3 saturated heterocycles. The molecule has 3 N–H and O–H groups in total. The van der Waals surface area contributed by atoms with Crippen LogP contribution in [0.15, 0.2) is 0 Å². The van der Waals surface area contributed by atoms with Crippen LogP contribution in [0.25, 0.3) is 0 Å². The van der Waals surface area contributed by atoms with E-state index in [1.165, 1.54) is 57.8 Å². The predicted octanol–water partition coefficient (Wildman–Crippen LogP) is 2.59. The van der Waals surface area contributed by atoms with Crippen LogP contribution in [-0.4, -0.2) is 108 Å². The summed E-state index contributed by atoms with van der Waals surface area (Å²) < 4.78 is 6.08. The van der Waals surface area contributed by atoms with Crippen LogP contribution < -0.4 is 10.7 Å². The number of hydrogen-bond donors (Lipinski definition) is 3. The van der Waals surface area contributed by atoms with Gasteiger partial charge in [-0.3, -0.25) is 15.2 Å². The number of hydrogen-bond acceptors (Lipinski definition) is 7. The largest absolute Gasteiger partial charge is 0.389 e. The average Bonchev–Trinajstić information content (AvgIpc) is 3.22. The fraction of sp³-hybridized carbons (Fsp3) is 1.00. The Morgan fingerprint density at radius 1 is 0.857 bits per heavy atom. The summed E-state index contributed by atoms with van der Waals surface area (Å²) in [6.45, 7) is 10.6. The maximum Gasteiger partial charge on any atom is 0.0761 e. The van der Waals surface area contributed by atoms with E-state index in [9.17, 15) is 5.11 Å². The summed E-state index contributed by atoms with van der Waals surface area (Å²) in [5.74, 6) is 0.803. The van der Waals surface area contributed by atoms with Gasteiger partial charge >= 0.3 is 0 Å². The standard InChI is InChI=1S/C28H53N5O2/c1-28(2,34)27(23-14-18-33(30-23)22-10-5-4-6-11-22)32-17-8-16-31(19-20-32)26-24(35-3)13-12-21-9-7-15-29-25(21)26/h21-27,29-30,34H,4-20H2,1-3H3. The van der Waals surface area contributed by atoms with E-state index < -0.39 is 5.60 Å². The lowest BCUT2D eigenvalue weighted by Crippen LogP contribution is -2.64. The molecule has 3 aliphatic heterocycles. The van der Waals surface area contributed by atoms with Gasteiger partial charge in [0.25, 0.3) is 0 Å². The van der Waals surface area contributed by atoms with Gasteiger partial charge in [-0.1, -0.05) is 19.3 Å². The molecule has 0 aromatic rings. The van der Waals surface area contributed by atoms with Crippen molar-refractivity contribution in [2.45, 2.75) is 126 Å². The smallest absolute Gasteiger partial charge is 0.0761 e. The molecule has 7 heteroatoms. The Labute approximate surface area is 214 Å². The summed E-state index contributed by atoms with van der Waals surface area (Å²) in [6, 6.07) is 2.20. The number of hydrazine groups is 1. The summed E-state index contributed by atoms with van der Waals surface area (Å²) in [4.78, 5) is 5.37. The summed E-state index contributed by atoms with van der Waals surface area (Å²) in [7, 11) is 1.92. The Bertz CT molecular complexity index is 666. The highest BCUT2D eigenvalue weighted by Gasteiger charge is 2.46. The Balaban J connectivity index is 1.25. The number of fused-ring (bicyclic) bond motifs is 1. The first kappa shape index (κ1) is 26.3. The van der Waals surface area contributed by atoms with Gasteiger partial charge in [-0.15, -0.1) is 0 Å². The number of methoxy groups -OCH3 is 1. The third kappa shape index (κ3) is 5.92. The van der Waals surface area contributed by atoms with E-state index in [0.29, 0.717) is 30.3 Å². The maximum atomic E-state index is 11.4. The number of nitrogens with zero attached hydrogens (tertiary/aromatic N) is 3. The van der Waals surface area contributed by atoms with Gasteiger partial charge in [0, 0.05) is 44.9 Å². The molecule has 2 aliphatic carbocycles. The van der Waals surface area contributed by atoms with Crippen molar-refractivity contribution in [3.63, 3.8) is 0 Å². The summed E-state index contributed by atoms with van der Waals surface area (Å²) in [5.41, 5.74) is 3.17. The molecule has 7 nitrogen and oxygen atoms in total. The lowest BCUT2D eigenvalue weighted by Gasteiger charge is -2.50. The lowest BCUT2D eigenvalue weighted by atomic mass is 9.74.